The van der Waals surface area contributed by atoms with E-state index in [2.05, 4.69) is 32.8 Å². The first-order valence-corrected chi connectivity index (χ1v) is 15.0. The molecular weight excluding hydrogens is 534 g/mol. The summed E-state index contributed by atoms with van der Waals surface area (Å²) in [5.74, 6) is -2.33. The molecule has 0 amide bonds. The molecule has 7 rings (SSSR count). The second-order valence-electron chi connectivity index (χ2n) is 14.8. The lowest BCUT2D eigenvalue weighted by Gasteiger charge is -2.55. The third-order valence-corrected chi connectivity index (χ3v) is 12.4. The van der Waals surface area contributed by atoms with Crippen LogP contribution in [-0.2, 0) is 21.3 Å². The van der Waals surface area contributed by atoms with Crippen molar-refractivity contribution in [2.75, 3.05) is 6.61 Å². The van der Waals surface area contributed by atoms with Gasteiger partial charge in [0.15, 0.2) is 17.6 Å². The fourth-order valence-corrected chi connectivity index (χ4v) is 9.88. The Balaban J connectivity index is 1.41. The zero-order valence-electron chi connectivity index (χ0n) is 25.8. The minimum absolute atomic E-state index is 0.201. The second-order valence-corrected chi connectivity index (χ2v) is 14.8. The Kier molecular flexibility index (Phi) is 5.46. The van der Waals surface area contributed by atoms with Crippen LogP contribution in [0.25, 0.3) is 10.9 Å². The molecule has 9 heteroatoms. The van der Waals surface area contributed by atoms with E-state index in [9.17, 15) is 15.0 Å². The molecule has 2 bridgehead atoms. The molecule has 1 aliphatic heterocycles. The number of carbonyl (C=O) groups is 1. The second kappa shape index (κ2) is 8.12. The molecule has 1 aromatic carbocycles. The van der Waals surface area contributed by atoms with E-state index in [1.165, 1.54) is 4.68 Å². The molecule has 9 atom stereocenters. The fraction of sp³-hybridized carbons (Fsp3) is 0.636. The number of carbonyl (C=O) groups excluding carboxylic acids is 1. The van der Waals surface area contributed by atoms with Gasteiger partial charge in [0.1, 0.15) is 11.7 Å². The Morgan fingerprint density at radius 2 is 1.88 bits per heavy atom. The highest BCUT2D eigenvalue weighted by molar-refractivity contribution is 6.02. The van der Waals surface area contributed by atoms with Gasteiger partial charge in [-0.15, -0.1) is 0 Å². The number of aryl methyl sites for hydroxylation is 1. The number of aliphatic hydroxyl groups excluding tert-OH is 1. The lowest BCUT2D eigenvalue weighted by molar-refractivity contribution is -0.312. The van der Waals surface area contributed by atoms with Crippen molar-refractivity contribution in [1.82, 2.24) is 9.78 Å². The van der Waals surface area contributed by atoms with Gasteiger partial charge in [-0.25, -0.2) is 4.79 Å². The average molecular weight is 578 g/mol. The van der Waals surface area contributed by atoms with Crippen molar-refractivity contribution >= 4 is 16.9 Å². The number of benzene rings is 1. The monoisotopic (exact) mass is 577 g/mol. The normalized spacial score (nSPS) is 44.6. The maximum absolute atomic E-state index is 14.0. The van der Waals surface area contributed by atoms with Crippen LogP contribution in [0.2, 0.25) is 0 Å². The fourth-order valence-electron chi connectivity index (χ4n) is 9.88. The maximum atomic E-state index is 14.0. The first kappa shape index (κ1) is 28.2. The molecule has 5 aliphatic rings. The smallest absolute Gasteiger partial charge is 0.357 e. The Labute approximate surface area is 246 Å². The van der Waals surface area contributed by atoms with Crippen LogP contribution in [0.4, 0.5) is 0 Å². The third kappa shape index (κ3) is 2.97. The SMILES string of the molecule is CC1=CC23C(C)CC4(C)C(C)(C)C4(N)C(C=C4COC(C)(C)OC4C2(O)C1OC(=O)c1c2ccccc2nn1C)C3O. The number of nitrogens with zero attached hydrogens (tertiary/aromatic N) is 2. The van der Waals surface area contributed by atoms with E-state index in [0.29, 0.717) is 34.2 Å². The highest BCUT2D eigenvalue weighted by atomic mass is 16.7. The lowest BCUT2D eigenvalue weighted by Crippen LogP contribution is -2.69. The summed E-state index contributed by atoms with van der Waals surface area (Å²) in [6, 6.07) is 7.39. The summed E-state index contributed by atoms with van der Waals surface area (Å²) in [7, 11) is 1.71. The van der Waals surface area contributed by atoms with E-state index in [1.54, 1.807) is 7.05 Å². The van der Waals surface area contributed by atoms with Gasteiger partial charge in [-0.05, 0) is 61.2 Å². The topological polar surface area (TPSA) is 129 Å². The van der Waals surface area contributed by atoms with Crippen molar-refractivity contribution in [2.45, 2.75) is 90.1 Å². The van der Waals surface area contributed by atoms with Gasteiger partial charge in [-0.3, -0.25) is 4.68 Å². The number of hydrogen-bond acceptors (Lipinski definition) is 8. The van der Waals surface area contributed by atoms with Crippen molar-refractivity contribution in [3.8, 4) is 0 Å². The molecule has 9 nitrogen and oxygen atoms in total. The summed E-state index contributed by atoms with van der Waals surface area (Å²) >= 11 is 0. The summed E-state index contributed by atoms with van der Waals surface area (Å²) in [5.41, 5.74) is 5.36. The van der Waals surface area contributed by atoms with Crippen molar-refractivity contribution in [2.24, 2.45) is 40.9 Å². The molecule has 2 saturated carbocycles. The van der Waals surface area contributed by atoms with Gasteiger partial charge < -0.3 is 30.2 Å². The zero-order valence-corrected chi connectivity index (χ0v) is 25.8. The van der Waals surface area contributed by atoms with Crippen LogP contribution in [0.15, 0.2) is 47.6 Å². The Bertz CT molecular complexity index is 1590. The number of aliphatic hydroxyl groups is 2. The van der Waals surface area contributed by atoms with E-state index >= 15 is 0 Å². The van der Waals surface area contributed by atoms with Crippen molar-refractivity contribution in [3.05, 3.63) is 53.3 Å². The van der Waals surface area contributed by atoms with Gasteiger partial charge in [-0.1, -0.05) is 58.0 Å². The van der Waals surface area contributed by atoms with Crippen LogP contribution in [0, 0.1) is 28.1 Å². The number of ether oxygens (including phenoxy) is 3. The molecule has 2 heterocycles. The Hall–Kier alpha value is -2.56. The summed E-state index contributed by atoms with van der Waals surface area (Å²) in [5, 5.41) is 31.1. The highest BCUT2D eigenvalue weighted by Crippen LogP contribution is 2.80. The summed E-state index contributed by atoms with van der Waals surface area (Å²) < 4.78 is 20.5. The molecule has 42 heavy (non-hydrogen) atoms. The molecule has 1 aromatic heterocycles. The van der Waals surface area contributed by atoms with E-state index < -0.39 is 52.5 Å². The molecular formula is C33H43N3O6. The number of aromatic nitrogens is 2. The quantitative estimate of drug-likeness (QED) is 0.365. The zero-order chi connectivity index (χ0) is 30.4. The summed E-state index contributed by atoms with van der Waals surface area (Å²) in [6.45, 7) is 14.3. The number of esters is 1. The molecule has 226 valence electrons. The maximum Gasteiger partial charge on any atom is 0.357 e. The lowest BCUT2D eigenvalue weighted by atomic mass is 9.57. The largest absolute Gasteiger partial charge is 0.450 e. The molecule has 0 radical (unpaired) electrons. The first-order chi connectivity index (χ1) is 19.5. The molecule has 3 fully saturated rings. The van der Waals surface area contributed by atoms with Crippen molar-refractivity contribution < 1.29 is 29.2 Å². The molecule has 4 N–H and O–H groups in total. The van der Waals surface area contributed by atoms with E-state index in [1.807, 2.05) is 57.2 Å². The van der Waals surface area contributed by atoms with E-state index in [4.69, 9.17) is 19.9 Å². The van der Waals surface area contributed by atoms with Crippen LogP contribution in [0.1, 0.15) is 65.4 Å². The highest BCUT2D eigenvalue weighted by Gasteiger charge is 2.86. The number of rotatable bonds is 2. The van der Waals surface area contributed by atoms with Crippen molar-refractivity contribution in [3.63, 3.8) is 0 Å². The molecule has 9 unspecified atom stereocenters. The van der Waals surface area contributed by atoms with E-state index in [0.717, 1.165) is 0 Å². The Morgan fingerprint density at radius 3 is 2.60 bits per heavy atom. The number of hydrogen-bond donors (Lipinski definition) is 3. The van der Waals surface area contributed by atoms with Gasteiger partial charge in [0, 0.05) is 23.9 Å². The van der Waals surface area contributed by atoms with Gasteiger partial charge >= 0.3 is 5.97 Å². The minimum Gasteiger partial charge on any atom is -0.450 e. The summed E-state index contributed by atoms with van der Waals surface area (Å²) in [4.78, 5) is 14.0. The van der Waals surface area contributed by atoms with Crippen LogP contribution in [0.3, 0.4) is 0 Å². The standard InChI is InChI=1S/C33H43N3O6/c1-17-14-31-18(2)15-30(7)28(3,4)33(30,34)21(24(31)37)13-19-16-40-29(5,6)42-26(19)32(31,39)25(17)41-27(38)23-20-11-9-10-12-22(20)35-36(23)8/h9-14,18,21,24-26,37,39H,15-16,34H2,1-8H3. The van der Waals surface area contributed by atoms with Gasteiger partial charge in [0.05, 0.1) is 23.6 Å². The van der Waals surface area contributed by atoms with Gasteiger partial charge in [-0.2, -0.15) is 5.10 Å². The predicted octanol–water partition coefficient (Wildman–Crippen LogP) is 3.63. The molecule has 4 aliphatic carbocycles. The average Bonchev–Trinajstić information content (AvgIpc) is 3.15. The molecule has 1 saturated heterocycles. The van der Waals surface area contributed by atoms with Crippen LogP contribution in [-0.4, -0.2) is 67.8 Å². The minimum atomic E-state index is -1.84. The number of nitrogens with two attached hydrogens (primary N) is 1. The van der Waals surface area contributed by atoms with Crippen molar-refractivity contribution in [1.29, 1.82) is 0 Å². The van der Waals surface area contributed by atoms with Crippen LogP contribution in [0.5, 0.6) is 0 Å². The Morgan fingerprint density at radius 1 is 1.19 bits per heavy atom. The predicted molar refractivity (Wildman–Crippen MR) is 156 cm³/mol. The third-order valence-electron chi connectivity index (χ3n) is 12.4. The van der Waals surface area contributed by atoms with Gasteiger partial charge in [0.2, 0.25) is 0 Å². The molecule has 2 aromatic rings. The van der Waals surface area contributed by atoms with Crippen LogP contribution < -0.4 is 5.73 Å². The molecule has 1 spiro atoms. The van der Waals surface area contributed by atoms with Gasteiger partial charge in [0.25, 0.3) is 0 Å². The summed E-state index contributed by atoms with van der Waals surface area (Å²) in [6.07, 6.45) is 1.58. The van der Waals surface area contributed by atoms with Crippen LogP contribution >= 0.6 is 0 Å². The number of fused-ring (bicyclic) bond motifs is 6. The van der Waals surface area contributed by atoms with E-state index in [-0.39, 0.29) is 23.4 Å². The first-order valence-electron chi connectivity index (χ1n) is 15.0.